The summed E-state index contributed by atoms with van der Waals surface area (Å²) in [4.78, 5) is 0. The van der Waals surface area contributed by atoms with Gasteiger partial charge in [0.15, 0.2) is 6.29 Å². The van der Waals surface area contributed by atoms with Gasteiger partial charge in [0.05, 0.1) is 18.5 Å². The van der Waals surface area contributed by atoms with Crippen molar-refractivity contribution >= 4 is 11.8 Å². The van der Waals surface area contributed by atoms with E-state index in [1.165, 1.54) is 24.3 Å². The molecular formula is C16H15F3O3S. The number of halogens is 3. The van der Waals surface area contributed by atoms with Gasteiger partial charge >= 0.3 is 6.36 Å². The van der Waals surface area contributed by atoms with Crippen molar-refractivity contribution in [2.45, 2.75) is 17.9 Å². The minimum Gasteiger partial charge on any atom is -0.406 e. The van der Waals surface area contributed by atoms with E-state index in [1.54, 1.807) is 23.9 Å². The van der Waals surface area contributed by atoms with E-state index in [0.29, 0.717) is 24.0 Å². The molecule has 7 heteroatoms. The molecule has 23 heavy (non-hydrogen) atoms. The highest BCUT2D eigenvalue weighted by Crippen LogP contribution is 2.22. The second-order valence-electron chi connectivity index (χ2n) is 4.59. The van der Waals surface area contributed by atoms with Crippen LogP contribution in [0.3, 0.4) is 0 Å². The van der Waals surface area contributed by atoms with E-state index < -0.39 is 12.7 Å². The highest BCUT2D eigenvalue weighted by Gasteiger charge is 2.30. The molecule has 0 aromatic heterocycles. The summed E-state index contributed by atoms with van der Waals surface area (Å²) in [6, 6.07) is 5.35. The first kappa shape index (κ1) is 17.7. The van der Waals surface area contributed by atoms with Gasteiger partial charge in [0.25, 0.3) is 0 Å². The lowest BCUT2D eigenvalue weighted by molar-refractivity contribution is -0.274. The van der Waals surface area contributed by atoms with Crippen molar-refractivity contribution in [1.82, 2.24) is 0 Å². The third-order valence-corrected chi connectivity index (χ3v) is 3.81. The zero-order valence-electron chi connectivity index (χ0n) is 12.3. The van der Waals surface area contributed by atoms with E-state index in [-0.39, 0.29) is 5.75 Å². The molecule has 0 N–H and O–H groups in total. The lowest BCUT2D eigenvalue weighted by Crippen LogP contribution is -2.32. The quantitative estimate of drug-likeness (QED) is 0.783. The van der Waals surface area contributed by atoms with Gasteiger partial charge in [-0.2, -0.15) is 11.8 Å². The molecule has 0 bridgehead atoms. The van der Waals surface area contributed by atoms with Crippen LogP contribution in [-0.4, -0.2) is 37.4 Å². The Morgan fingerprint density at radius 2 is 1.87 bits per heavy atom. The summed E-state index contributed by atoms with van der Waals surface area (Å²) in [6.45, 7) is 1.26. The summed E-state index contributed by atoms with van der Waals surface area (Å²) in [5.41, 5.74) is 0.581. The van der Waals surface area contributed by atoms with Crippen molar-refractivity contribution in [3.8, 4) is 17.6 Å². The first-order valence-electron chi connectivity index (χ1n) is 6.76. The van der Waals surface area contributed by atoms with Crippen molar-refractivity contribution in [3.05, 3.63) is 42.0 Å². The van der Waals surface area contributed by atoms with Gasteiger partial charge in [-0.15, -0.1) is 13.2 Å². The van der Waals surface area contributed by atoms with Crippen LogP contribution in [0.1, 0.15) is 5.56 Å². The first-order valence-corrected chi connectivity index (χ1v) is 8.05. The number of allylic oxidation sites excluding steroid dienone is 1. The molecule has 0 spiro atoms. The van der Waals surface area contributed by atoms with Crippen LogP contribution >= 0.6 is 11.8 Å². The van der Waals surface area contributed by atoms with Crippen molar-refractivity contribution in [3.63, 3.8) is 0 Å². The van der Waals surface area contributed by atoms with Crippen LogP contribution in [0.4, 0.5) is 13.2 Å². The number of ether oxygens (including phenoxy) is 3. The minimum atomic E-state index is -4.69. The molecule has 1 aliphatic heterocycles. The molecule has 0 unspecified atom stereocenters. The lowest BCUT2D eigenvalue weighted by atomic mass is 10.2. The summed E-state index contributed by atoms with van der Waals surface area (Å²) >= 11 is 1.70. The Labute approximate surface area is 136 Å². The second-order valence-corrected chi connectivity index (χ2v) is 5.73. The molecule has 1 aromatic carbocycles. The number of hydrogen-bond acceptors (Lipinski definition) is 4. The van der Waals surface area contributed by atoms with E-state index in [2.05, 4.69) is 16.6 Å². The molecule has 1 aliphatic rings. The van der Waals surface area contributed by atoms with Gasteiger partial charge in [0.1, 0.15) is 5.75 Å². The predicted octanol–water partition coefficient (Wildman–Crippen LogP) is 3.60. The highest BCUT2D eigenvalue weighted by molar-refractivity contribution is 7.99. The first-order chi connectivity index (χ1) is 11.0. The second kappa shape index (κ2) is 8.29. The molecular weight excluding hydrogens is 329 g/mol. The van der Waals surface area contributed by atoms with Gasteiger partial charge in [-0.05, 0) is 42.7 Å². The number of thioether (sulfide) groups is 1. The summed E-state index contributed by atoms with van der Waals surface area (Å²) < 4.78 is 50.8. The molecule has 1 aromatic rings. The maximum atomic E-state index is 12.0. The molecule has 1 fully saturated rings. The Kier molecular flexibility index (Phi) is 6.39. The highest BCUT2D eigenvalue weighted by atomic mass is 32.2. The molecule has 0 aliphatic carbocycles. The molecule has 1 heterocycles. The number of benzene rings is 1. The summed E-state index contributed by atoms with van der Waals surface area (Å²) in [6.07, 6.45) is 0.208. The average Bonchev–Trinajstić information content (AvgIpc) is 2.52. The monoisotopic (exact) mass is 344 g/mol. The topological polar surface area (TPSA) is 27.7 Å². The fraction of sp³-hybridized carbons (Fsp3) is 0.375. The van der Waals surface area contributed by atoms with Gasteiger partial charge in [0, 0.05) is 5.56 Å². The molecule has 0 saturated carbocycles. The largest absolute Gasteiger partial charge is 0.573 e. The van der Waals surface area contributed by atoms with Crippen LogP contribution in [0.15, 0.2) is 36.4 Å². The molecule has 1 saturated heterocycles. The van der Waals surface area contributed by atoms with Crippen molar-refractivity contribution in [1.29, 1.82) is 0 Å². The fourth-order valence-corrected chi connectivity index (χ4v) is 2.17. The third kappa shape index (κ3) is 6.57. The van der Waals surface area contributed by atoms with Gasteiger partial charge in [-0.3, -0.25) is 0 Å². The Morgan fingerprint density at radius 3 is 2.43 bits per heavy atom. The Balaban J connectivity index is 1.84. The smallest absolute Gasteiger partial charge is 0.406 e. The Bertz CT molecular complexity index is 579. The van der Waals surface area contributed by atoms with Gasteiger partial charge in [-0.25, -0.2) is 0 Å². The van der Waals surface area contributed by atoms with Crippen LogP contribution in [-0.2, 0) is 9.47 Å². The summed E-state index contributed by atoms with van der Waals surface area (Å²) in [5.74, 6) is 5.32. The predicted molar refractivity (Wildman–Crippen MR) is 82.1 cm³/mol. The van der Waals surface area contributed by atoms with Crippen LogP contribution in [0.25, 0.3) is 0 Å². The van der Waals surface area contributed by atoms with Gasteiger partial charge < -0.3 is 14.2 Å². The van der Waals surface area contributed by atoms with Crippen LogP contribution in [0.5, 0.6) is 5.75 Å². The normalized spacial score (nSPS) is 21.7. The van der Waals surface area contributed by atoms with E-state index in [9.17, 15) is 13.2 Å². The minimum absolute atomic E-state index is 0.272. The Morgan fingerprint density at radius 1 is 1.22 bits per heavy atom. The molecule has 2 rings (SSSR count). The lowest BCUT2D eigenvalue weighted by Gasteiger charge is -2.26. The van der Waals surface area contributed by atoms with E-state index >= 15 is 0 Å². The third-order valence-electron chi connectivity index (χ3n) is 2.87. The van der Waals surface area contributed by atoms with Crippen LogP contribution in [0, 0.1) is 11.8 Å². The van der Waals surface area contributed by atoms with Crippen LogP contribution in [0.2, 0.25) is 0 Å². The average molecular weight is 344 g/mol. The molecule has 0 atom stereocenters. The van der Waals surface area contributed by atoms with E-state index in [1.807, 2.05) is 6.26 Å². The zero-order valence-corrected chi connectivity index (χ0v) is 13.1. The number of rotatable bonds is 3. The van der Waals surface area contributed by atoms with E-state index in [4.69, 9.17) is 9.47 Å². The van der Waals surface area contributed by atoms with Crippen molar-refractivity contribution < 1.29 is 27.4 Å². The molecule has 0 radical (unpaired) electrons. The fourth-order valence-electron chi connectivity index (χ4n) is 1.74. The zero-order chi connectivity index (χ0) is 16.7. The standard InChI is InChI=1S/C16H15F3O3S/c1-23-14-10-20-15(21-11-14)5-3-2-4-12-6-8-13(9-7-12)22-16(17,18)19/h3,5-9,14-15H,10-11H2,1H3/b5-3+. The van der Waals surface area contributed by atoms with Gasteiger partial charge in [-0.1, -0.05) is 11.8 Å². The van der Waals surface area contributed by atoms with Crippen LogP contribution < -0.4 is 4.74 Å². The SMILES string of the molecule is CSC1COC(/C=C/C#Cc2ccc(OC(F)(F)F)cc2)OC1. The Hall–Kier alpha value is -1.62. The molecule has 3 nitrogen and oxygen atoms in total. The van der Waals surface area contributed by atoms with Crippen molar-refractivity contribution in [2.75, 3.05) is 19.5 Å². The summed E-state index contributed by atoms with van der Waals surface area (Å²) in [5, 5.41) is 0.350. The molecule has 124 valence electrons. The molecule has 0 amide bonds. The van der Waals surface area contributed by atoms with Crippen molar-refractivity contribution in [2.24, 2.45) is 0 Å². The maximum Gasteiger partial charge on any atom is 0.573 e. The van der Waals surface area contributed by atoms with E-state index in [0.717, 1.165) is 0 Å². The maximum absolute atomic E-state index is 12.0. The van der Waals surface area contributed by atoms with Gasteiger partial charge in [0.2, 0.25) is 0 Å². The summed E-state index contributed by atoms with van der Waals surface area (Å²) in [7, 11) is 0. The number of alkyl halides is 3. The number of hydrogen-bond donors (Lipinski definition) is 0.